The van der Waals surface area contributed by atoms with Crippen molar-refractivity contribution in [1.29, 1.82) is 0 Å². The number of rotatable bonds is 2. The second kappa shape index (κ2) is 6.94. The van der Waals surface area contributed by atoms with Gasteiger partial charge in [-0.2, -0.15) is 0 Å². The van der Waals surface area contributed by atoms with Crippen LogP contribution >= 0.6 is 0 Å². The Balaban J connectivity index is 2.42. The Kier molecular flexibility index (Phi) is 5.85. The average molecular weight is 269 g/mol. The molecular weight excluding hydrogens is 242 g/mol. The molecule has 110 valence electrons. The van der Waals surface area contributed by atoms with Crippen molar-refractivity contribution in [2.24, 2.45) is 11.8 Å². The van der Waals surface area contributed by atoms with Gasteiger partial charge in [0.2, 0.25) is 0 Å². The highest BCUT2D eigenvalue weighted by molar-refractivity contribution is 5.67. The van der Waals surface area contributed by atoms with E-state index in [1.165, 1.54) is 0 Å². The molecule has 0 aromatic rings. The first-order chi connectivity index (χ1) is 8.78. The smallest absolute Gasteiger partial charge is 0.407 e. The highest BCUT2D eigenvalue weighted by Crippen LogP contribution is 2.24. The number of carbonyl (C=O) groups excluding carboxylic acids is 1. The van der Waals surface area contributed by atoms with Crippen molar-refractivity contribution in [3.05, 3.63) is 12.2 Å². The van der Waals surface area contributed by atoms with E-state index in [-0.39, 0.29) is 12.2 Å². The summed E-state index contributed by atoms with van der Waals surface area (Å²) in [7, 11) is 0. The number of hydrogen-bond acceptors (Lipinski definition) is 3. The lowest BCUT2D eigenvalue weighted by Gasteiger charge is -2.26. The monoisotopic (exact) mass is 269 g/mol. The maximum Gasteiger partial charge on any atom is 0.407 e. The van der Waals surface area contributed by atoms with E-state index in [2.05, 4.69) is 12.2 Å². The van der Waals surface area contributed by atoms with Crippen molar-refractivity contribution in [3.63, 3.8) is 0 Å². The number of aliphatic hydroxyl groups is 1. The summed E-state index contributed by atoms with van der Waals surface area (Å²) in [6.45, 7) is 8.36. The van der Waals surface area contributed by atoms with E-state index in [1.54, 1.807) is 0 Å². The molecule has 0 aliphatic heterocycles. The van der Waals surface area contributed by atoms with Crippen LogP contribution in [0.2, 0.25) is 0 Å². The summed E-state index contributed by atoms with van der Waals surface area (Å²) >= 11 is 0. The fourth-order valence-electron chi connectivity index (χ4n) is 2.22. The second-order valence-electron chi connectivity index (χ2n) is 6.43. The molecule has 0 heterocycles. The van der Waals surface area contributed by atoms with Gasteiger partial charge in [0.05, 0.1) is 6.10 Å². The Bertz CT molecular complexity index is 320. The van der Waals surface area contributed by atoms with Crippen LogP contribution in [0.15, 0.2) is 12.2 Å². The van der Waals surface area contributed by atoms with Gasteiger partial charge in [-0.15, -0.1) is 0 Å². The molecule has 0 aromatic carbocycles. The van der Waals surface area contributed by atoms with Crippen molar-refractivity contribution in [2.75, 3.05) is 6.54 Å². The molecule has 0 saturated heterocycles. The van der Waals surface area contributed by atoms with E-state index in [0.29, 0.717) is 18.4 Å². The van der Waals surface area contributed by atoms with Crippen molar-refractivity contribution in [1.82, 2.24) is 5.32 Å². The van der Waals surface area contributed by atoms with E-state index in [9.17, 15) is 9.90 Å². The number of nitrogens with one attached hydrogen (secondary N) is 1. The van der Waals surface area contributed by atoms with Crippen LogP contribution < -0.4 is 5.32 Å². The van der Waals surface area contributed by atoms with Gasteiger partial charge in [-0.05, 0) is 51.9 Å². The number of amides is 1. The van der Waals surface area contributed by atoms with E-state index in [1.807, 2.05) is 32.9 Å². The van der Waals surface area contributed by atoms with Crippen LogP contribution in [0.25, 0.3) is 0 Å². The van der Waals surface area contributed by atoms with E-state index < -0.39 is 5.60 Å². The van der Waals surface area contributed by atoms with Crippen LogP contribution in [0.1, 0.15) is 47.0 Å². The van der Waals surface area contributed by atoms with Crippen molar-refractivity contribution in [2.45, 2.75) is 58.7 Å². The first-order valence-electron chi connectivity index (χ1n) is 7.09. The molecule has 2 N–H and O–H groups in total. The van der Waals surface area contributed by atoms with Gasteiger partial charge in [0.15, 0.2) is 0 Å². The fourth-order valence-corrected chi connectivity index (χ4v) is 2.22. The lowest BCUT2D eigenvalue weighted by atomic mass is 9.84. The summed E-state index contributed by atoms with van der Waals surface area (Å²) in [5.41, 5.74) is -0.458. The Morgan fingerprint density at radius 1 is 1.42 bits per heavy atom. The van der Waals surface area contributed by atoms with Gasteiger partial charge in [0.25, 0.3) is 0 Å². The summed E-state index contributed by atoms with van der Waals surface area (Å²) in [5.74, 6) is 0.880. The molecule has 3 atom stereocenters. The van der Waals surface area contributed by atoms with Crippen LogP contribution in [0.4, 0.5) is 4.79 Å². The zero-order valence-corrected chi connectivity index (χ0v) is 12.5. The number of hydrogen-bond donors (Lipinski definition) is 2. The van der Waals surface area contributed by atoms with Gasteiger partial charge in [-0.3, -0.25) is 0 Å². The molecule has 0 spiro atoms. The molecule has 2 unspecified atom stereocenters. The quantitative estimate of drug-likeness (QED) is 0.758. The Hall–Kier alpha value is -1.03. The fraction of sp³-hybridized carbons (Fsp3) is 0.800. The third-order valence-corrected chi connectivity index (χ3v) is 3.43. The van der Waals surface area contributed by atoms with Crippen molar-refractivity contribution in [3.8, 4) is 0 Å². The number of ether oxygens (including phenoxy) is 1. The van der Waals surface area contributed by atoms with Crippen molar-refractivity contribution < 1.29 is 14.6 Å². The summed E-state index contributed by atoms with van der Waals surface area (Å²) in [6.07, 6.45) is 5.85. The lowest BCUT2D eigenvalue weighted by Crippen LogP contribution is -2.36. The van der Waals surface area contributed by atoms with Crippen LogP contribution in [0, 0.1) is 11.8 Å². The topological polar surface area (TPSA) is 58.6 Å². The normalized spacial score (nSPS) is 30.1. The Labute approximate surface area is 116 Å². The van der Waals surface area contributed by atoms with Crippen LogP contribution in [0.3, 0.4) is 0 Å². The Morgan fingerprint density at radius 3 is 2.74 bits per heavy atom. The third kappa shape index (κ3) is 6.62. The third-order valence-electron chi connectivity index (χ3n) is 3.43. The Morgan fingerprint density at radius 2 is 2.11 bits per heavy atom. The molecule has 1 amide bonds. The highest BCUT2D eigenvalue weighted by Gasteiger charge is 2.21. The van der Waals surface area contributed by atoms with E-state index in [4.69, 9.17) is 4.74 Å². The molecular formula is C15H27NO3. The van der Waals surface area contributed by atoms with E-state index >= 15 is 0 Å². The molecule has 0 fully saturated rings. The number of aliphatic hydroxyl groups excluding tert-OH is 1. The van der Waals surface area contributed by atoms with Gasteiger partial charge in [0.1, 0.15) is 5.60 Å². The van der Waals surface area contributed by atoms with E-state index in [0.717, 1.165) is 19.3 Å². The summed E-state index contributed by atoms with van der Waals surface area (Å²) in [6, 6.07) is 0. The minimum Gasteiger partial charge on any atom is -0.444 e. The molecule has 0 radical (unpaired) electrons. The van der Waals surface area contributed by atoms with Crippen molar-refractivity contribution >= 4 is 6.09 Å². The molecule has 1 rings (SSSR count). The predicted octanol–water partition coefficient (Wildman–Crippen LogP) is 2.86. The molecule has 0 saturated carbocycles. The van der Waals surface area contributed by atoms with Gasteiger partial charge in [0, 0.05) is 6.54 Å². The predicted molar refractivity (Wildman–Crippen MR) is 75.9 cm³/mol. The lowest BCUT2D eigenvalue weighted by molar-refractivity contribution is 0.0512. The minimum absolute atomic E-state index is 0.317. The van der Waals surface area contributed by atoms with Gasteiger partial charge >= 0.3 is 6.09 Å². The molecule has 0 aromatic heterocycles. The van der Waals surface area contributed by atoms with Gasteiger partial charge in [-0.1, -0.05) is 19.1 Å². The SMILES string of the molecule is CC1CC[C@@H](O)/C=C\CC1CNC(=O)OC(C)(C)C. The standard InChI is InChI=1S/C15H27NO3/c1-11-8-9-13(17)7-5-6-12(11)10-16-14(18)19-15(2,3)4/h5,7,11-13,17H,6,8-10H2,1-4H3,(H,16,18)/b7-5-/t11?,12?,13-/m0/s1. The summed E-state index contributed by atoms with van der Waals surface area (Å²) in [5, 5.41) is 12.4. The first-order valence-corrected chi connectivity index (χ1v) is 7.09. The number of allylic oxidation sites excluding steroid dienone is 1. The number of carbonyl (C=O) groups is 1. The number of alkyl carbamates (subject to hydrolysis) is 1. The molecule has 1 aliphatic rings. The second-order valence-corrected chi connectivity index (χ2v) is 6.43. The van der Waals surface area contributed by atoms with Crippen LogP contribution in [-0.2, 0) is 4.74 Å². The zero-order chi connectivity index (χ0) is 14.5. The van der Waals surface area contributed by atoms with Gasteiger partial charge < -0.3 is 15.2 Å². The first kappa shape index (κ1) is 16.0. The summed E-state index contributed by atoms with van der Waals surface area (Å²) in [4.78, 5) is 11.6. The molecule has 1 aliphatic carbocycles. The molecule has 4 nitrogen and oxygen atoms in total. The minimum atomic E-state index is -0.458. The average Bonchev–Trinajstić information content (AvgIpc) is 2.26. The van der Waals surface area contributed by atoms with Crippen LogP contribution in [0.5, 0.6) is 0 Å². The maximum absolute atomic E-state index is 11.6. The largest absolute Gasteiger partial charge is 0.444 e. The molecule has 4 heteroatoms. The molecule has 19 heavy (non-hydrogen) atoms. The zero-order valence-electron chi connectivity index (χ0n) is 12.5. The summed E-state index contributed by atoms with van der Waals surface area (Å²) < 4.78 is 5.23. The maximum atomic E-state index is 11.6. The molecule has 0 bridgehead atoms. The highest BCUT2D eigenvalue weighted by atomic mass is 16.6. The van der Waals surface area contributed by atoms with Gasteiger partial charge in [-0.25, -0.2) is 4.79 Å². The van der Waals surface area contributed by atoms with Crippen LogP contribution in [-0.4, -0.2) is 29.4 Å².